The van der Waals surface area contributed by atoms with Gasteiger partial charge >= 0.3 is 0 Å². The molecule has 0 fully saturated rings. The zero-order valence-corrected chi connectivity index (χ0v) is 11.7. The van der Waals surface area contributed by atoms with Crippen LogP contribution in [0.1, 0.15) is 32.8 Å². The van der Waals surface area contributed by atoms with E-state index in [2.05, 4.69) is 32.9 Å². The van der Waals surface area contributed by atoms with E-state index >= 15 is 0 Å². The van der Waals surface area contributed by atoms with Gasteiger partial charge in [-0.05, 0) is 37.9 Å². The monoisotopic (exact) mass is 254 g/mol. The van der Waals surface area contributed by atoms with Gasteiger partial charge in [0.1, 0.15) is 0 Å². The molecule has 1 aromatic carbocycles. The molecule has 0 aliphatic heterocycles. The summed E-state index contributed by atoms with van der Waals surface area (Å²) in [5.74, 6) is 0.888. The maximum Gasteiger partial charge on any atom is 0.0876 e. The topological polar surface area (TPSA) is 18.5 Å². The van der Waals surface area contributed by atoms with Crippen molar-refractivity contribution in [1.29, 1.82) is 0 Å². The number of benzene rings is 1. The van der Waals surface area contributed by atoms with Gasteiger partial charge in [-0.25, -0.2) is 0 Å². The van der Waals surface area contributed by atoms with Crippen molar-refractivity contribution in [2.45, 2.75) is 45.2 Å². The third-order valence-corrected chi connectivity index (χ3v) is 3.08. The van der Waals surface area contributed by atoms with E-state index in [1.807, 2.05) is 18.2 Å². The van der Waals surface area contributed by atoms with E-state index in [1.165, 1.54) is 17.6 Å². The van der Waals surface area contributed by atoms with Gasteiger partial charge in [0, 0.05) is 5.75 Å². The molecule has 0 aliphatic rings. The van der Waals surface area contributed by atoms with Crippen molar-refractivity contribution in [3.8, 4) is 0 Å². The Morgan fingerprint density at radius 3 is 2.47 bits per heavy atom. The Labute approximate surface area is 109 Å². The van der Waals surface area contributed by atoms with Crippen LogP contribution in [0.15, 0.2) is 30.3 Å². The Hall–Kier alpha value is -0.510. The summed E-state index contributed by atoms with van der Waals surface area (Å²) in [5, 5.41) is 0. The average Bonchev–Trinajstić information content (AvgIpc) is 2.34. The van der Waals surface area contributed by atoms with Gasteiger partial charge in [-0.15, -0.1) is 0 Å². The Balaban J connectivity index is 2.14. The summed E-state index contributed by atoms with van der Waals surface area (Å²) in [6.07, 6.45) is 1.46. The molecule has 1 atom stereocenters. The second-order valence-electron chi connectivity index (χ2n) is 4.25. The minimum absolute atomic E-state index is 0.207. The van der Waals surface area contributed by atoms with E-state index < -0.39 is 0 Å². The van der Waals surface area contributed by atoms with Gasteiger partial charge in [0.05, 0.1) is 18.8 Å². The first-order valence-corrected chi connectivity index (χ1v) is 7.07. The minimum Gasteiger partial charge on any atom is -0.373 e. The minimum atomic E-state index is 0.207. The maximum atomic E-state index is 5.71. The fourth-order valence-corrected chi connectivity index (χ4v) is 2.11. The molecular formula is C14H22O2S. The van der Waals surface area contributed by atoms with Crippen LogP contribution < -0.4 is 0 Å². The summed E-state index contributed by atoms with van der Waals surface area (Å²) in [5.41, 5.74) is 1.29. The average molecular weight is 254 g/mol. The first-order valence-electron chi connectivity index (χ1n) is 6.16. The second-order valence-corrected chi connectivity index (χ2v) is 5.01. The molecule has 0 amide bonds. The summed E-state index contributed by atoms with van der Waals surface area (Å²) in [4.78, 5) is 0. The molecule has 96 valence electrons. The van der Waals surface area contributed by atoms with Crippen LogP contribution in [0, 0.1) is 0 Å². The lowest BCUT2D eigenvalue weighted by Crippen LogP contribution is -2.21. The Kier molecular flexibility index (Phi) is 7.33. The summed E-state index contributed by atoms with van der Waals surface area (Å²) in [6.45, 7) is 6.89. The molecule has 0 bridgehead atoms. The first-order chi connectivity index (χ1) is 8.22. The molecule has 1 unspecified atom stereocenters. The van der Waals surface area contributed by atoms with Crippen molar-refractivity contribution in [3.63, 3.8) is 0 Å². The highest BCUT2D eigenvalue weighted by atomic mass is 32.2. The van der Waals surface area contributed by atoms with Gasteiger partial charge in [0.25, 0.3) is 0 Å². The molecule has 0 saturated heterocycles. The molecule has 3 heteroatoms. The lowest BCUT2D eigenvalue weighted by atomic mass is 10.2. The van der Waals surface area contributed by atoms with Gasteiger partial charge in [-0.3, -0.25) is 0 Å². The molecule has 0 heterocycles. The van der Waals surface area contributed by atoms with E-state index in [0.717, 1.165) is 12.2 Å². The van der Waals surface area contributed by atoms with Crippen LogP contribution in [0.25, 0.3) is 0 Å². The number of hydrogen-bond donors (Lipinski definition) is 0. The first kappa shape index (κ1) is 14.6. The highest BCUT2D eigenvalue weighted by Crippen LogP contribution is 2.14. The normalized spacial score (nSPS) is 12.9. The Bertz CT molecular complexity index is 288. The van der Waals surface area contributed by atoms with Crippen molar-refractivity contribution < 1.29 is 8.92 Å². The molecule has 2 nitrogen and oxygen atoms in total. The van der Waals surface area contributed by atoms with E-state index in [0.29, 0.717) is 6.61 Å². The molecule has 1 rings (SSSR count). The second kappa shape index (κ2) is 8.56. The Morgan fingerprint density at radius 2 is 1.88 bits per heavy atom. The summed E-state index contributed by atoms with van der Waals surface area (Å²) in [6, 6.07) is 10.3. The zero-order chi connectivity index (χ0) is 12.5. The fraction of sp³-hybridized carbons (Fsp3) is 0.571. The highest BCUT2D eigenvalue weighted by Gasteiger charge is 2.09. The van der Waals surface area contributed by atoms with Crippen molar-refractivity contribution >= 4 is 12.0 Å². The third-order valence-electron chi connectivity index (χ3n) is 2.33. The lowest BCUT2D eigenvalue weighted by Gasteiger charge is -2.18. The molecule has 0 spiro atoms. The van der Waals surface area contributed by atoms with Gasteiger partial charge in [0.2, 0.25) is 0 Å². The van der Waals surface area contributed by atoms with Crippen LogP contribution in [0.2, 0.25) is 0 Å². The molecule has 0 N–H and O–H groups in total. The van der Waals surface area contributed by atoms with E-state index in [-0.39, 0.29) is 12.2 Å². The smallest absolute Gasteiger partial charge is 0.0876 e. The maximum absolute atomic E-state index is 5.71. The van der Waals surface area contributed by atoms with E-state index in [9.17, 15) is 0 Å². The number of hydrogen-bond acceptors (Lipinski definition) is 3. The van der Waals surface area contributed by atoms with Gasteiger partial charge in [-0.2, -0.15) is 0 Å². The lowest BCUT2D eigenvalue weighted by molar-refractivity contribution is -0.0152. The molecule has 0 aliphatic carbocycles. The van der Waals surface area contributed by atoms with E-state index in [4.69, 9.17) is 8.92 Å². The molecule has 1 aromatic rings. The molecule has 0 radical (unpaired) electrons. The summed E-state index contributed by atoms with van der Waals surface area (Å²) in [7, 11) is 0. The number of rotatable bonds is 8. The number of ether oxygens (including phenoxy) is 1. The predicted molar refractivity (Wildman–Crippen MR) is 74.0 cm³/mol. The standard InChI is InChI=1S/C14H22O2S/c1-4-14(16-12(2)3)10-15-17-11-13-8-6-5-7-9-13/h5-9,12,14H,4,10-11H2,1-3H3. The Morgan fingerprint density at radius 1 is 1.18 bits per heavy atom. The van der Waals surface area contributed by atoms with Gasteiger partial charge < -0.3 is 8.92 Å². The van der Waals surface area contributed by atoms with E-state index in [1.54, 1.807) is 0 Å². The van der Waals surface area contributed by atoms with Crippen molar-refractivity contribution in [2.24, 2.45) is 0 Å². The fourth-order valence-electron chi connectivity index (χ4n) is 1.45. The SMILES string of the molecule is CCC(COSCc1ccccc1)OC(C)C. The highest BCUT2D eigenvalue weighted by molar-refractivity contribution is 7.93. The van der Waals surface area contributed by atoms with Crippen LogP contribution in [-0.2, 0) is 14.7 Å². The van der Waals surface area contributed by atoms with Gasteiger partial charge in [0.15, 0.2) is 0 Å². The zero-order valence-electron chi connectivity index (χ0n) is 10.9. The molecule has 0 saturated carbocycles. The van der Waals surface area contributed by atoms with Crippen molar-refractivity contribution in [3.05, 3.63) is 35.9 Å². The predicted octanol–water partition coefficient (Wildman–Crippen LogP) is 4.06. The summed E-state index contributed by atoms with van der Waals surface area (Å²) >= 11 is 1.50. The molecular weight excluding hydrogens is 232 g/mol. The van der Waals surface area contributed by atoms with Crippen LogP contribution in [0.5, 0.6) is 0 Å². The largest absolute Gasteiger partial charge is 0.373 e. The van der Waals surface area contributed by atoms with Crippen LogP contribution >= 0.6 is 12.0 Å². The van der Waals surface area contributed by atoms with Crippen LogP contribution in [-0.4, -0.2) is 18.8 Å². The van der Waals surface area contributed by atoms with Crippen LogP contribution in [0.3, 0.4) is 0 Å². The summed E-state index contributed by atoms with van der Waals surface area (Å²) < 4.78 is 11.3. The van der Waals surface area contributed by atoms with Crippen LogP contribution in [0.4, 0.5) is 0 Å². The molecule has 0 aromatic heterocycles. The molecule has 17 heavy (non-hydrogen) atoms. The third kappa shape index (κ3) is 6.71. The van der Waals surface area contributed by atoms with Gasteiger partial charge in [-0.1, -0.05) is 37.3 Å². The van der Waals surface area contributed by atoms with Crippen molar-refractivity contribution in [2.75, 3.05) is 6.61 Å². The quantitative estimate of drug-likeness (QED) is 0.515. The van der Waals surface area contributed by atoms with Crippen molar-refractivity contribution in [1.82, 2.24) is 0 Å².